The van der Waals surface area contributed by atoms with E-state index in [2.05, 4.69) is 39.2 Å². The average molecular weight is 452 g/mol. The number of hydrogen-bond donors (Lipinski definition) is 1. The molecule has 1 amide bonds. The van der Waals surface area contributed by atoms with Gasteiger partial charge in [-0.05, 0) is 55.4 Å². The van der Waals surface area contributed by atoms with Crippen LogP contribution in [0.4, 0.5) is 10.2 Å². The van der Waals surface area contributed by atoms with E-state index in [0.29, 0.717) is 41.0 Å². The van der Waals surface area contributed by atoms with E-state index in [9.17, 15) is 9.18 Å². The van der Waals surface area contributed by atoms with Gasteiger partial charge in [-0.15, -0.1) is 0 Å². The molecule has 7 nitrogen and oxygen atoms in total. The second kappa shape index (κ2) is 9.08. The topological polar surface area (TPSA) is 84.2 Å². The molecule has 2 aliphatic rings. The van der Waals surface area contributed by atoms with Crippen LogP contribution in [0, 0.1) is 23.6 Å². The molecule has 1 aliphatic carbocycles. The molecule has 3 aromatic rings. The third kappa shape index (κ3) is 4.30. The lowest BCUT2D eigenvalue weighted by Crippen LogP contribution is -2.49. The summed E-state index contributed by atoms with van der Waals surface area (Å²) in [6, 6.07) is 6.39. The highest BCUT2D eigenvalue weighted by atomic mass is 19.1. The molecule has 0 unspecified atom stereocenters. The van der Waals surface area contributed by atoms with Gasteiger partial charge in [0.1, 0.15) is 29.0 Å². The van der Waals surface area contributed by atoms with E-state index in [-0.39, 0.29) is 23.7 Å². The van der Waals surface area contributed by atoms with Crippen LogP contribution < -0.4 is 10.2 Å². The van der Waals surface area contributed by atoms with Crippen molar-refractivity contribution < 1.29 is 13.7 Å². The van der Waals surface area contributed by atoms with Crippen LogP contribution in [0.25, 0.3) is 22.4 Å². The molecule has 1 aliphatic heterocycles. The van der Waals surface area contributed by atoms with Crippen molar-refractivity contribution in [3.63, 3.8) is 0 Å². The Bertz CT molecular complexity index is 1130. The third-order valence-corrected chi connectivity index (χ3v) is 7.50. The molecule has 2 aromatic heterocycles. The van der Waals surface area contributed by atoms with Crippen molar-refractivity contribution in [2.45, 2.75) is 52.0 Å². The van der Waals surface area contributed by atoms with Crippen LogP contribution in [0.5, 0.6) is 0 Å². The largest absolute Gasteiger partial charge is 0.355 e. The Hall–Kier alpha value is -3.03. The molecular weight excluding hydrogens is 421 g/mol. The SMILES string of the molecule is C[C@@H]1[C@H](C)CCC[C@@H]1NC(=O)[C@H]1CCCN(c2ncnc3onc(-c4ccc(F)cc4)c23)C1. The highest BCUT2D eigenvalue weighted by Gasteiger charge is 2.33. The predicted molar refractivity (Wildman–Crippen MR) is 124 cm³/mol. The average Bonchev–Trinajstić information content (AvgIpc) is 3.27. The van der Waals surface area contributed by atoms with Crippen molar-refractivity contribution in [1.82, 2.24) is 20.4 Å². The lowest BCUT2D eigenvalue weighted by Gasteiger charge is -2.37. The third-order valence-electron chi connectivity index (χ3n) is 7.50. The highest BCUT2D eigenvalue weighted by Crippen LogP contribution is 2.35. The fourth-order valence-electron chi connectivity index (χ4n) is 5.29. The number of carbonyl (C=O) groups is 1. The normalized spacial score (nSPS) is 25.8. The summed E-state index contributed by atoms with van der Waals surface area (Å²) in [7, 11) is 0. The van der Waals surface area contributed by atoms with E-state index < -0.39 is 0 Å². The van der Waals surface area contributed by atoms with Crippen molar-refractivity contribution in [2.24, 2.45) is 17.8 Å². The zero-order valence-electron chi connectivity index (χ0n) is 19.1. The van der Waals surface area contributed by atoms with Gasteiger partial charge in [0.25, 0.3) is 5.71 Å². The van der Waals surface area contributed by atoms with Gasteiger partial charge in [0.15, 0.2) is 0 Å². The second-order valence-corrected chi connectivity index (χ2v) is 9.58. The lowest BCUT2D eigenvalue weighted by atomic mass is 9.78. The molecule has 2 fully saturated rings. The van der Waals surface area contributed by atoms with Crippen molar-refractivity contribution >= 4 is 22.8 Å². The molecular formula is C25H30FN5O2. The predicted octanol–water partition coefficient (Wildman–Crippen LogP) is 4.58. The summed E-state index contributed by atoms with van der Waals surface area (Å²) >= 11 is 0. The number of carbonyl (C=O) groups excluding carboxylic acids is 1. The molecule has 4 atom stereocenters. The van der Waals surface area contributed by atoms with Crippen LogP contribution in [0.1, 0.15) is 46.0 Å². The van der Waals surface area contributed by atoms with E-state index in [1.165, 1.54) is 31.3 Å². The van der Waals surface area contributed by atoms with Gasteiger partial charge in [-0.2, -0.15) is 4.98 Å². The number of halogens is 1. The molecule has 0 bridgehead atoms. The summed E-state index contributed by atoms with van der Waals surface area (Å²) in [6.07, 6.45) is 6.70. The zero-order valence-corrected chi connectivity index (χ0v) is 19.1. The Labute approximate surface area is 192 Å². The summed E-state index contributed by atoms with van der Waals surface area (Å²) in [4.78, 5) is 24.1. The van der Waals surface area contributed by atoms with Gasteiger partial charge in [0.05, 0.1) is 5.92 Å². The van der Waals surface area contributed by atoms with Crippen molar-refractivity contribution in [1.29, 1.82) is 0 Å². The molecule has 3 heterocycles. The Morgan fingerprint density at radius 3 is 2.76 bits per heavy atom. The number of aromatic nitrogens is 3. The molecule has 0 spiro atoms. The molecule has 1 saturated heterocycles. The number of anilines is 1. The zero-order chi connectivity index (χ0) is 22.9. The lowest BCUT2D eigenvalue weighted by molar-refractivity contribution is -0.126. The monoisotopic (exact) mass is 451 g/mol. The van der Waals surface area contributed by atoms with E-state index in [0.717, 1.165) is 31.4 Å². The van der Waals surface area contributed by atoms with Gasteiger partial charge in [0.2, 0.25) is 5.91 Å². The van der Waals surface area contributed by atoms with Gasteiger partial charge >= 0.3 is 0 Å². The quantitative estimate of drug-likeness (QED) is 0.625. The summed E-state index contributed by atoms with van der Waals surface area (Å²) in [5.41, 5.74) is 1.70. The standard InChI is InChI=1S/C25H30FN5O2/c1-15-5-3-7-20(16(15)2)29-24(32)18-6-4-12-31(13-18)23-21-22(17-8-10-19(26)11-9-17)30-33-25(21)28-14-27-23/h8-11,14-16,18,20H,3-7,12-13H2,1-2H3,(H,29,32)/t15-,16-,18+,20+/m1/s1. The molecule has 8 heteroatoms. The van der Waals surface area contributed by atoms with Crippen LogP contribution in [0.2, 0.25) is 0 Å². The van der Waals surface area contributed by atoms with Crippen molar-refractivity contribution in [3.05, 3.63) is 36.4 Å². The van der Waals surface area contributed by atoms with E-state index in [1.807, 2.05) is 0 Å². The summed E-state index contributed by atoms with van der Waals surface area (Å²) < 4.78 is 18.9. The van der Waals surface area contributed by atoms with Crippen LogP contribution in [0.3, 0.4) is 0 Å². The fourth-order valence-corrected chi connectivity index (χ4v) is 5.29. The second-order valence-electron chi connectivity index (χ2n) is 9.58. The molecule has 1 aromatic carbocycles. The van der Waals surface area contributed by atoms with Gasteiger partial charge in [-0.3, -0.25) is 4.79 Å². The molecule has 174 valence electrons. The van der Waals surface area contributed by atoms with Crippen LogP contribution >= 0.6 is 0 Å². The van der Waals surface area contributed by atoms with E-state index in [4.69, 9.17) is 4.52 Å². The van der Waals surface area contributed by atoms with Crippen LogP contribution in [-0.4, -0.2) is 40.2 Å². The number of piperidine rings is 1. The minimum absolute atomic E-state index is 0.0951. The van der Waals surface area contributed by atoms with Gasteiger partial charge in [-0.25, -0.2) is 9.37 Å². The van der Waals surface area contributed by atoms with Gasteiger partial charge in [0, 0.05) is 24.7 Å². The minimum atomic E-state index is -0.311. The van der Waals surface area contributed by atoms with E-state index in [1.54, 1.807) is 12.1 Å². The first-order valence-corrected chi connectivity index (χ1v) is 11.9. The molecule has 0 radical (unpaired) electrons. The maximum atomic E-state index is 13.4. The minimum Gasteiger partial charge on any atom is -0.355 e. The first-order chi connectivity index (χ1) is 16.0. The molecule has 33 heavy (non-hydrogen) atoms. The molecule has 1 N–H and O–H groups in total. The summed E-state index contributed by atoms with van der Waals surface area (Å²) in [5, 5.41) is 8.24. The Kier molecular flexibility index (Phi) is 6.00. The summed E-state index contributed by atoms with van der Waals surface area (Å²) in [5.74, 6) is 1.58. The Morgan fingerprint density at radius 1 is 1.12 bits per heavy atom. The van der Waals surface area contributed by atoms with Crippen LogP contribution in [-0.2, 0) is 4.79 Å². The first-order valence-electron chi connectivity index (χ1n) is 11.9. The number of hydrogen-bond acceptors (Lipinski definition) is 6. The molecule has 5 rings (SSSR count). The maximum absolute atomic E-state index is 13.4. The van der Waals surface area contributed by atoms with Crippen molar-refractivity contribution in [2.75, 3.05) is 18.0 Å². The maximum Gasteiger partial charge on any atom is 0.263 e. The fraction of sp³-hybridized carbons (Fsp3) is 0.520. The van der Waals surface area contributed by atoms with Crippen LogP contribution in [0.15, 0.2) is 35.1 Å². The highest BCUT2D eigenvalue weighted by molar-refractivity contribution is 5.98. The smallest absolute Gasteiger partial charge is 0.263 e. The van der Waals surface area contributed by atoms with Crippen molar-refractivity contribution in [3.8, 4) is 11.3 Å². The number of benzene rings is 1. The molecule has 1 saturated carbocycles. The number of rotatable bonds is 4. The van der Waals surface area contributed by atoms with Gasteiger partial charge < -0.3 is 14.7 Å². The number of fused-ring (bicyclic) bond motifs is 1. The summed E-state index contributed by atoms with van der Waals surface area (Å²) in [6.45, 7) is 5.91. The Balaban J connectivity index is 1.38. The number of nitrogens with one attached hydrogen (secondary N) is 1. The Morgan fingerprint density at radius 2 is 1.94 bits per heavy atom. The van der Waals surface area contributed by atoms with Gasteiger partial charge in [-0.1, -0.05) is 31.8 Å². The first kappa shape index (κ1) is 21.8. The number of nitrogens with zero attached hydrogens (tertiary/aromatic N) is 4. The van der Waals surface area contributed by atoms with E-state index >= 15 is 0 Å². The number of amides is 1.